The molecular weight excluding hydrogens is 326 g/mol. The molecule has 0 fully saturated rings. The second-order valence-electron chi connectivity index (χ2n) is 5.83. The van der Waals surface area contributed by atoms with E-state index in [-0.39, 0.29) is 0 Å². The molecule has 3 aromatic rings. The Morgan fingerprint density at radius 2 is 1.88 bits per heavy atom. The van der Waals surface area contributed by atoms with Crippen LogP contribution in [0.5, 0.6) is 11.5 Å². The number of ether oxygens (including phenoxy) is 2. The van der Waals surface area contributed by atoms with Gasteiger partial charge in [-0.05, 0) is 42.3 Å². The minimum atomic E-state index is -0.477. The maximum Gasteiger partial charge on any atom is 0.338 e. The number of carbonyl (C=O) groups is 1. The van der Waals surface area contributed by atoms with E-state index in [9.17, 15) is 4.79 Å². The first-order valence-electron chi connectivity index (χ1n) is 8.16. The van der Waals surface area contributed by atoms with Crippen molar-refractivity contribution < 1.29 is 14.3 Å². The first-order valence-corrected chi connectivity index (χ1v) is 8.16. The Bertz CT molecular complexity index is 1000. The lowest BCUT2D eigenvalue weighted by molar-refractivity contribution is -0.130. The molecule has 0 saturated carbocycles. The topological polar surface area (TPSA) is 48.4 Å². The first-order chi connectivity index (χ1) is 12.6. The smallest absolute Gasteiger partial charge is 0.338 e. The Balaban J connectivity index is 1.89. The number of para-hydroxylation sites is 1. The second kappa shape index (κ2) is 7.66. The largest absolute Gasteiger partial charge is 0.493 e. The Labute approximate surface area is 152 Å². The summed E-state index contributed by atoms with van der Waals surface area (Å²) in [5, 5.41) is 1.09. The van der Waals surface area contributed by atoms with Gasteiger partial charge in [-0.15, -0.1) is 0 Å². The van der Waals surface area contributed by atoms with Crippen molar-refractivity contribution in [2.24, 2.45) is 0 Å². The molecule has 0 spiro atoms. The van der Waals surface area contributed by atoms with E-state index in [0.29, 0.717) is 17.1 Å². The summed E-state index contributed by atoms with van der Waals surface area (Å²) in [6, 6.07) is 15.4. The summed E-state index contributed by atoms with van der Waals surface area (Å²) in [6.07, 6.45) is 5.80. The van der Waals surface area contributed by atoms with Gasteiger partial charge in [0, 0.05) is 17.2 Å². The molecule has 130 valence electrons. The number of hydrogen-bond donors (Lipinski definition) is 0. The van der Waals surface area contributed by atoms with E-state index in [1.165, 1.54) is 7.11 Å². The number of esters is 1. The number of pyridine rings is 1. The van der Waals surface area contributed by atoms with Gasteiger partial charge in [-0.25, -0.2) is 4.79 Å². The maximum absolute atomic E-state index is 11.7. The lowest BCUT2D eigenvalue weighted by Gasteiger charge is -2.10. The Morgan fingerprint density at radius 3 is 2.65 bits per heavy atom. The van der Waals surface area contributed by atoms with E-state index in [1.807, 2.05) is 54.6 Å². The van der Waals surface area contributed by atoms with E-state index < -0.39 is 5.97 Å². The fourth-order valence-corrected chi connectivity index (χ4v) is 2.51. The number of carbonyl (C=O) groups excluding carboxylic acids is 1. The summed E-state index contributed by atoms with van der Waals surface area (Å²) in [7, 11) is 1.54. The van der Waals surface area contributed by atoms with Crippen molar-refractivity contribution in [2.45, 2.75) is 6.92 Å². The summed E-state index contributed by atoms with van der Waals surface area (Å²) in [6.45, 7) is 5.18. The lowest BCUT2D eigenvalue weighted by Crippen LogP contribution is -2.09. The molecule has 0 aliphatic heterocycles. The van der Waals surface area contributed by atoms with Crippen LogP contribution in [-0.4, -0.2) is 18.1 Å². The molecular formula is C22H19NO3. The average molecular weight is 345 g/mol. The molecule has 0 N–H and O–H groups in total. The van der Waals surface area contributed by atoms with Crippen LogP contribution in [0.1, 0.15) is 18.1 Å². The number of nitrogens with zero attached hydrogens (tertiary/aromatic N) is 1. The predicted molar refractivity (Wildman–Crippen MR) is 104 cm³/mol. The highest BCUT2D eigenvalue weighted by atomic mass is 16.6. The van der Waals surface area contributed by atoms with Crippen LogP contribution in [0.3, 0.4) is 0 Å². The van der Waals surface area contributed by atoms with Gasteiger partial charge in [0.2, 0.25) is 0 Å². The third kappa shape index (κ3) is 3.81. The monoisotopic (exact) mass is 345 g/mol. The summed E-state index contributed by atoms with van der Waals surface area (Å²) >= 11 is 0. The van der Waals surface area contributed by atoms with Crippen molar-refractivity contribution in [1.82, 2.24) is 4.98 Å². The van der Waals surface area contributed by atoms with Crippen LogP contribution in [0.25, 0.3) is 23.1 Å². The minimum absolute atomic E-state index is 0.334. The summed E-state index contributed by atoms with van der Waals surface area (Å²) in [5.74, 6) is 0.378. The zero-order valence-corrected chi connectivity index (χ0v) is 14.7. The van der Waals surface area contributed by atoms with E-state index in [0.717, 1.165) is 22.0 Å². The van der Waals surface area contributed by atoms with E-state index in [4.69, 9.17) is 9.47 Å². The molecule has 4 heteroatoms. The van der Waals surface area contributed by atoms with Gasteiger partial charge in [0.05, 0.1) is 12.6 Å². The Hall–Kier alpha value is -3.40. The van der Waals surface area contributed by atoms with E-state index in [1.54, 1.807) is 19.2 Å². The molecule has 0 radical (unpaired) electrons. The molecule has 4 nitrogen and oxygen atoms in total. The molecule has 0 bridgehead atoms. The normalized spacial score (nSPS) is 10.8. The first kappa shape index (κ1) is 17.4. The average Bonchev–Trinajstić information content (AvgIpc) is 2.66. The van der Waals surface area contributed by atoms with Crippen LogP contribution < -0.4 is 9.47 Å². The molecule has 26 heavy (non-hydrogen) atoms. The minimum Gasteiger partial charge on any atom is -0.493 e. The van der Waals surface area contributed by atoms with Gasteiger partial charge in [0.15, 0.2) is 11.5 Å². The molecule has 3 rings (SSSR count). The highest BCUT2D eigenvalue weighted by Gasteiger charge is 2.10. The number of fused-ring (bicyclic) bond motifs is 1. The van der Waals surface area contributed by atoms with Crippen molar-refractivity contribution >= 4 is 29.0 Å². The molecule has 0 unspecified atom stereocenters. The molecule has 0 aliphatic carbocycles. The van der Waals surface area contributed by atoms with E-state index >= 15 is 0 Å². The third-order valence-corrected chi connectivity index (χ3v) is 3.88. The SMILES string of the molecule is C=C(C)C(=O)Oc1ccc(C=Cc2ccnc3ccccc23)cc1OC. The van der Waals surface area contributed by atoms with Gasteiger partial charge in [0.1, 0.15) is 0 Å². The highest BCUT2D eigenvalue weighted by molar-refractivity contribution is 5.91. The maximum atomic E-state index is 11.7. The number of aromatic nitrogens is 1. The molecule has 1 aromatic heterocycles. The van der Waals surface area contributed by atoms with Crippen molar-refractivity contribution in [3.05, 3.63) is 78.0 Å². The van der Waals surface area contributed by atoms with Crippen molar-refractivity contribution in [1.29, 1.82) is 0 Å². The van der Waals surface area contributed by atoms with Gasteiger partial charge in [-0.2, -0.15) is 0 Å². The van der Waals surface area contributed by atoms with Gasteiger partial charge in [0.25, 0.3) is 0 Å². The molecule has 0 atom stereocenters. The van der Waals surface area contributed by atoms with Crippen molar-refractivity contribution in [3.8, 4) is 11.5 Å². The zero-order valence-electron chi connectivity index (χ0n) is 14.7. The summed E-state index contributed by atoms with van der Waals surface area (Å²) in [4.78, 5) is 16.1. The van der Waals surface area contributed by atoms with Crippen LogP contribution in [0, 0.1) is 0 Å². The van der Waals surface area contributed by atoms with Crippen molar-refractivity contribution in [3.63, 3.8) is 0 Å². The standard InChI is InChI=1S/C22H19NO3/c1-15(2)22(24)26-20-11-9-16(14-21(20)25-3)8-10-17-12-13-23-19-7-5-4-6-18(17)19/h4-14H,1H2,2-3H3. The highest BCUT2D eigenvalue weighted by Crippen LogP contribution is 2.29. The van der Waals surface area contributed by atoms with Gasteiger partial charge < -0.3 is 9.47 Å². The number of rotatable bonds is 5. The fraction of sp³-hybridized carbons (Fsp3) is 0.0909. The molecule has 0 aliphatic rings. The van der Waals surface area contributed by atoms with Crippen LogP contribution in [0.2, 0.25) is 0 Å². The van der Waals surface area contributed by atoms with Gasteiger partial charge in [-0.3, -0.25) is 4.98 Å². The predicted octanol–water partition coefficient (Wildman–Crippen LogP) is 4.90. The number of methoxy groups -OCH3 is 1. The lowest BCUT2D eigenvalue weighted by atomic mass is 10.1. The molecule has 0 amide bonds. The fourth-order valence-electron chi connectivity index (χ4n) is 2.51. The molecule has 1 heterocycles. The third-order valence-electron chi connectivity index (χ3n) is 3.88. The van der Waals surface area contributed by atoms with Crippen LogP contribution >= 0.6 is 0 Å². The van der Waals surface area contributed by atoms with E-state index in [2.05, 4.69) is 11.6 Å². The number of benzene rings is 2. The van der Waals surface area contributed by atoms with Crippen LogP contribution in [0.15, 0.2) is 66.9 Å². The Kier molecular flexibility index (Phi) is 5.13. The summed E-state index contributed by atoms with van der Waals surface area (Å²) in [5.41, 5.74) is 3.29. The second-order valence-corrected chi connectivity index (χ2v) is 5.83. The van der Waals surface area contributed by atoms with Crippen LogP contribution in [-0.2, 0) is 4.79 Å². The zero-order chi connectivity index (χ0) is 18.5. The van der Waals surface area contributed by atoms with Gasteiger partial charge >= 0.3 is 5.97 Å². The molecule has 0 saturated heterocycles. The van der Waals surface area contributed by atoms with Crippen molar-refractivity contribution in [2.75, 3.05) is 7.11 Å². The molecule has 2 aromatic carbocycles. The summed E-state index contributed by atoms with van der Waals surface area (Å²) < 4.78 is 10.6. The Morgan fingerprint density at radius 1 is 1.08 bits per heavy atom. The van der Waals surface area contributed by atoms with Crippen LogP contribution in [0.4, 0.5) is 0 Å². The number of hydrogen-bond acceptors (Lipinski definition) is 4. The van der Waals surface area contributed by atoms with Gasteiger partial charge in [-0.1, -0.05) is 43.0 Å². The quantitative estimate of drug-likeness (QED) is 0.375.